The van der Waals surface area contributed by atoms with Gasteiger partial charge in [0.25, 0.3) is 0 Å². The molecule has 2 nitrogen and oxygen atoms in total. The van der Waals surface area contributed by atoms with Crippen LogP contribution in [0.25, 0.3) is 0 Å². The van der Waals surface area contributed by atoms with E-state index in [0.29, 0.717) is 12.8 Å². The third-order valence-electron chi connectivity index (χ3n) is 2.90. The van der Waals surface area contributed by atoms with E-state index in [2.05, 4.69) is 18.2 Å². The highest BCUT2D eigenvalue weighted by molar-refractivity contribution is 5.49. The van der Waals surface area contributed by atoms with Gasteiger partial charge in [-0.25, -0.2) is 0 Å². The van der Waals surface area contributed by atoms with Crippen LogP contribution < -0.4 is 0 Å². The summed E-state index contributed by atoms with van der Waals surface area (Å²) < 4.78 is 0. The Hall–Kier alpha value is -1.80. The van der Waals surface area contributed by atoms with Gasteiger partial charge in [-0.3, -0.25) is 0 Å². The van der Waals surface area contributed by atoms with Crippen LogP contribution >= 0.6 is 0 Å². The molecule has 0 aliphatic heterocycles. The Morgan fingerprint density at radius 1 is 1.29 bits per heavy atom. The van der Waals surface area contributed by atoms with Crippen molar-refractivity contribution < 1.29 is 0 Å². The number of rotatable bonds is 2. The maximum absolute atomic E-state index is 9.15. The maximum Gasteiger partial charge on any atom is 0.0875 e. The molecule has 0 amide bonds. The minimum atomic E-state index is -0.369. The number of hydrogen-bond acceptors (Lipinski definition) is 2. The van der Waals surface area contributed by atoms with Crippen LogP contribution in [0.2, 0.25) is 0 Å². The molecular weight excluding hydrogens is 172 g/mol. The fourth-order valence-electron chi connectivity index (χ4n) is 2.10. The van der Waals surface area contributed by atoms with E-state index >= 15 is 0 Å². The second kappa shape index (κ2) is 3.16. The summed E-state index contributed by atoms with van der Waals surface area (Å²) in [5, 5.41) is 17.7. The van der Waals surface area contributed by atoms with E-state index in [0.717, 1.165) is 12.0 Å². The fraction of sp³-hybridized carbons (Fsp3) is 0.333. The topological polar surface area (TPSA) is 47.6 Å². The lowest BCUT2D eigenvalue weighted by Gasteiger charge is -2.37. The highest BCUT2D eigenvalue weighted by atomic mass is 14.5. The van der Waals surface area contributed by atoms with Crippen molar-refractivity contribution in [3.05, 3.63) is 35.4 Å². The van der Waals surface area contributed by atoms with E-state index in [1.54, 1.807) is 0 Å². The molecule has 1 aromatic carbocycles. The van der Waals surface area contributed by atoms with E-state index in [1.165, 1.54) is 5.56 Å². The van der Waals surface area contributed by atoms with Gasteiger partial charge in [0.05, 0.1) is 17.6 Å². The monoisotopic (exact) mass is 182 g/mol. The van der Waals surface area contributed by atoms with E-state index in [4.69, 9.17) is 10.5 Å². The first-order chi connectivity index (χ1) is 6.82. The number of hydrogen-bond donors (Lipinski definition) is 0. The zero-order valence-electron chi connectivity index (χ0n) is 7.83. The molecule has 0 bridgehead atoms. The van der Waals surface area contributed by atoms with E-state index < -0.39 is 0 Å². The quantitative estimate of drug-likeness (QED) is 0.704. The Bertz CT molecular complexity index is 436. The molecule has 2 rings (SSSR count). The standard InChI is InChI=1S/C12H10N2/c13-7-3-6-12(9-14)8-10-4-1-2-5-11(10)12/h1-2,4-5H,3,6,8H2. The molecule has 1 aromatic rings. The largest absolute Gasteiger partial charge is 0.198 e. The van der Waals surface area contributed by atoms with Crippen molar-refractivity contribution in [2.45, 2.75) is 24.7 Å². The maximum atomic E-state index is 9.15. The van der Waals surface area contributed by atoms with Crippen LogP contribution in [-0.4, -0.2) is 0 Å². The van der Waals surface area contributed by atoms with Gasteiger partial charge >= 0.3 is 0 Å². The van der Waals surface area contributed by atoms with Gasteiger partial charge in [-0.05, 0) is 24.0 Å². The van der Waals surface area contributed by atoms with Crippen molar-refractivity contribution in [2.24, 2.45) is 0 Å². The summed E-state index contributed by atoms with van der Waals surface area (Å²) in [4.78, 5) is 0. The van der Waals surface area contributed by atoms with E-state index in [1.807, 2.05) is 18.2 Å². The minimum absolute atomic E-state index is 0.369. The fourth-order valence-corrected chi connectivity index (χ4v) is 2.10. The normalized spacial score (nSPS) is 22.7. The molecule has 1 aliphatic rings. The second-order valence-electron chi connectivity index (χ2n) is 3.69. The molecule has 0 radical (unpaired) electrons. The average molecular weight is 182 g/mol. The summed E-state index contributed by atoms with van der Waals surface area (Å²) >= 11 is 0. The Kier molecular flexibility index (Phi) is 1.98. The van der Waals surface area contributed by atoms with Gasteiger partial charge in [-0.15, -0.1) is 0 Å². The second-order valence-corrected chi connectivity index (χ2v) is 3.69. The molecule has 0 aromatic heterocycles. The number of benzene rings is 1. The van der Waals surface area contributed by atoms with Crippen LogP contribution in [0.3, 0.4) is 0 Å². The molecule has 0 saturated heterocycles. The van der Waals surface area contributed by atoms with Crippen molar-refractivity contribution in [1.82, 2.24) is 0 Å². The number of fused-ring (bicyclic) bond motifs is 1. The molecule has 0 saturated carbocycles. The Morgan fingerprint density at radius 2 is 2.07 bits per heavy atom. The Balaban J connectivity index is 2.30. The SMILES string of the molecule is N#CCCC1(C#N)Cc2ccccc21. The van der Waals surface area contributed by atoms with Crippen LogP contribution in [0.15, 0.2) is 24.3 Å². The summed E-state index contributed by atoms with van der Waals surface area (Å²) in [7, 11) is 0. The van der Waals surface area contributed by atoms with E-state index in [9.17, 15) is 0 Å². The van der Waals surface area contributed by atoms with Crippen LogP contribution in [0.4, 0.5) is 0 Å². The smallest absolute Gasteiger partial charge is 0.0875 e. The van der Waals surface area contributed by atoms with Crippen LogP contribution in [0.5, 0.6) is 0 Å². The minimum Gasteiger partial charge on any atom is -0.198 e. The molecule has 0 N–H and O–H groups in total. The predicted octanol–water partition coefficient (Wildman–Crippen LogP) is 2.31. The number of nitriles is 2. The molecule has 0 spiro atoms. The highest BCUT2D eigenvalue weighted by Crippen LogP contribution is 2.43. The Morgan fingerprint density at radius 3 is 2.71 bits per heavy atom. The van der Waals surface area contributed by atoms with Gasteiger partial charge in [0.15, 0.2) is 0 Å². The molecule has 1 aliphatic carbocycles. The van der Waals surface area contributed by atoms with Crippen molar-refractivity contribution in [1.29, 1.82) is 10.5 Å². The summed E-state index contributed by atoms with van der Waals surface area (Å²) in [5.41, 5.74) is 2.01. The molecule has 1 unspecified atom stereocenters. The molecule has 0 heterocycles. The van der Waals surface area contributed by atoms with Gasteiger partial charge in [0.2, 0.25) is 0 Å². The predicted molar refractivity (Wildman–Crippen MR) is 52.3 cm³/mol. The first kappa shape index (κ1) is 8.78. The van der Waals surface area contributed by atoms with Crippen molar-refractivity contribution >= 4 is 0 Å². The van der Waals surface area contributed by atoms with Crippen molar-refractivity contribution in [3.63, 3.8) is 0 Å². The summed E-state index contributed by atoms with van der Waals surface area (Å²) in [6.45, 7) is 0. The molecule has 2 heteroatoms. The average Bonchev–Trinajstić information content (AvgIpc) is 2.20. The van der Waals surface area contributed by atoms with Gasteiger partial charge in [-0.1, -0.05) is 24.3 Å². The highest BCUT2D eigenvalue weighted by Gasteiger charge is 2.42. The third kappa shape index (κ3) is 1.09. The van der Waals surface area contributed by atoms with Crippen LogP contribution in [0, 0.1) is 22.7 Å². The molecule has 1 atom stereocenters. The Labute approximate surface area is 83.4 Å². The molecule has 68 valence electrons. The zero-order valence-corrected chi connectivity index (χ0v) is 7.83. The lowest BCUT2D eigenvalue weighted by Crippen LogP contribution is -2.37. The van der Waals surface area contributed by atoms with Gasteiger partial charge in [0, 0.05) is 6.42 Å². The van der Waals surface area contributed by atoms with Crippen LogP contribution in [-0.2, 0) is 11.8 Å². The lowest BCUT2D eigenvalue weighted by atomic mass is 9.63. The first-order valence-corrected chi connectivity index (χ1v) is 4.69. The van der Waals surface area contributed by atoms with Crippen LogP contribution in [0.1, 0.15) is 24.0 Å². The van der Waals surface area contributed by atoms with Crippen molar-refractivity contribution in [3.8, 4) is 12.1 Å². The molecule has 14 heavy (non-hydrogen) atoms. The number of nitrogens with zero attached hydrogens (tertiary/aromatic N) is 2. The van der Waals surface area contributed by atoms with Gasteiger partial charge in [-0.2, -0.15) is 10.5 Å². The molecule has 0 fully saturated rings. The zero-order chi connectivity index (χ0) is 10.0. The summed E-state index contributed by atoms with van der Waals surface area (Å²) in [5.74, 6) is 0. The third-order valence-corrected chi connectivity index (χ3v) is 2.90. The summed E-state index contributed by atoms with van der Waals surface area (Å²) in [6.07, 6.45) is 1.93. The summed E-state index contributed by atoms with van der Waals surface area (Å²) in [6, 6.07) is 12.5. The van der Waals surface area contributed by atoms with Crippen molar-refractivity contribution in [2.75, 3.05) is 0 Å². The van der Waals surface area contributed by atoms with E-state index in [-0.39, 0.29) is 5.41 Å². The van der Waals surface area contributed by atoms with Gasteiger partial charge in [0.1, 0.15) is 0 Å². The van der Waals surface area contributed by atoms with Gasteiger partial charge < -0.3 is 0 Å². The lowest BCUT2D eigenvalue weighted by molar-refractivity contribution is 0.448. The first-order valence-electron chi connectivity index (χ1n) is 4.69. The molecular formula is C12H10N2.